The summed E-state index contributed by atoms with van der Waals surface area (Å²) in [7, 11) is 1.40. The van der Waals surface area contributed by atoms with Gasteiger partial charge in [-0.15, -0.1) is 0 Å². The summed E-state index contributed by atoms with van der Waals surface area (Å²) in [5.74, 6) is -4.64. The lowest BCUT2D eigenvalue weighted by molar-refractivity contribution is -0.0886. The third kappa shape index (κ3) is 4.18. The van der Waals surface area contributed by atoms with Crippen LogP contribution in [0.5, 0.6) is 0 Å². The summed E-state index contributed by atoms with van der Waals surface area (Å²) in [6.07, 6.45) is -7.40. The predicted octanol–water partition coefficient (Wildman–Crippen LogP) is 5.34. The number of hydrogen-bond acceptors (Lipinski definition) is 3. The van der Waals surface area contributed by atoms with Crippen molar-refractivity contribution in [1.29, 1.82) is 0 Å². The van der Waals surface area contributed by atoms with E-state index in [9.17, 15) is 35.9 Å². The first kappa shape index (κ1) is 21.5. The topological polar surface area (TPSA) is 37.4 Å². The minimum atomic E-state index is -5.32. The van der Waals surface area contributed by atoms with Crippen LogP contribution in [-0.2, 0) is 0 Å². The average molecular weight is 403 g/mol. The summed E-state index contributed by atoms with van der Waals surface area (Å²) < 4.78 is 78.3. The van der Waals surface area contributed by atoms with Gasteiger partial charge in [0.05, 0.1) is 11.3 Å². The molecule has 0 amide bonds. The van der Waals surface area contributed by atoms with E-state index < -0.39 is 35.0 Å². The van der Waals surface area contributed by atoms with Gasteiger partial charge in [0.15, 0.2) is 0 Å². The van der Waals surface area contributed by atoms with Gasteiger partial charge < -0.3 is 4.90 Å². The molecule has 150 valence electrons. The third-order valence-corrected chi connectivity index (χ3v) is 4.02. The Bertz CT molecular complexity index is 944. The molecule has 0 aliphatic heterocycles. The van der Waals surface area contributed by atoms with Crippen LogP contribution in [0.3, 0.4) is 0 Å². The second-order valence-corrected chi connectivity index (χ2v) is 5.97. The van der Waals surface area contributed by atoms with Crippen LogP contribution in [0.25, 0.3) is 10.8 Å². The van der Waals surface area contributed by atoms with Crippen molar-refractivity contribution in [2.45, 2.75) is 19.3 Å². The van der Waals surface area contributed by atoms with Crippen LogP contribution in [0, 0.1) is 0 Å². The number of fused-ring (bicyclic) bond motifs is 1. The smallest absolute Gasteiger partial charge is 0.370 e. The molecular weight excluding hydrogens is 388 g/mol. The molecule has 0 aliphatic carbocycles. The number of nitrogens with zero attached hydrogens (tertiary/aromatic N) is 1. The Morgan fingerprint density at radius 3 is 1.93 bits per heavy atom. The maximum atomic E-state index is 13.1. The third-order valence-electron chi connectivity index (χ3n) is 4.02. The molecule has 2 rings (SSSR count). The fraction of sp³-hybridized carbons (Fsp3) is 0.263. The molecule has 0 saturated heterocycles. The standard InChI is InChI=1S/C19H15F6NO2/c1-3-4-9-26(2)15-12-8-6-5-7-11(12)13(16(27)18(20,21)22)10-14(15)17(28)19(23,24)25/h3-8,10H,9H2,1-2H3/b4-3+. The van der Waals surface area contributed by atoms with Gasteiger partial charge in [0.1, 0.15) is 0 Å². The Kier molecular flexibility index (Phi) is 5.86. The highest BCUT2D eigenvalue weighted by Crippen LogP contribution is 2.38. The minimum absolute atomic E-state index is 0.0581. The van der Waals surface area contributed by atoms with Crippen LogP contribution in [0.4, 0.5) is 32.0 Å². The van der Waals surface area contributed by atoms with E-state index in [1.54, 1.807) is 19.1 Å². The number of ketones is 2. The predicted molar refractivity (Wildman–Crippen MR) is 92.8 cm³/mol. The van der Waals surface area contributed by atoms with Crippen LogP contribution in [0.15, 0.2) is 42.5 Å². The Morgan fingerprint density at radius 1 is 0.929 bits per heavy atom. The second-order valence-electron chi connectivity index (χ2n) is 5.97. The van der Waals surface area contributed by atoms with Crippen LogP contribution in [0.1, 0.15) is 27.6 Å². The molecule has 2 aromatic carbocycles. The van der Waals surface area contributed by atoms with Crippen molar-refractivity contribution in [3.05, 3.63) is 53.6 Å². The largest absolute Gasteiger partial charge is 0.454 e. The first-order chi connectivity index (χ1) is 12.9. The van der Waals surface area contributed by atoms with E-state index >= 15 is 0 Å². The van der Waals surface area contributed by atoms with Crippen molar-refractivity contribution in [2.75, 3.05) is 18.5 Å². The first-order valence-corrected chi connectivity index (χ1v) is 8.00. The van der Waals surface area contributed by atoms with E-state index in [1.165, 1.54) is 36.2 Å². The zero-order valence-electron chi connectivity index (χ0n) is 14.8. The van der Waals surface area contributed by atoms with Gasteiger partial charge in [0.25, 0.3) is 11.6 Å². The van der Waals surface area contributed by atoms with E-state index in [0.717, 1.165) is 0 Å². The van der Waals surface area contributed by atoms with Crippen LogP contribution >= 0.6 is 0 Å². The summed E-state index contributed by atoms with van der Waals surface area (Å²) in [5, 5.41) is -0.247. The van der Waals surface area contributed by atoms with Crippen molar-refractivity contribution in [1.82, 2.24) is 0 Å². The van der Waals surface area contributed by atoms with E-state index in [0.29, 0.717) is 6.07 Å². The molecule has 0 spiro atoms. The zero-order valence-corrected chi connectivity index (χ0v) is 14.8. The number of carbonyl (C=O) groups is 2. The van der Waals surface area contributed by atoms with Gasteiger partial charge in [-0.1, -0.05) is 36.4 Å². The fourth-order valence-electron chi connectivity index (χ4n) is 2.79. The van der Waals surface area contributed by atoms with Gasteiger partial charge in [0, 0.05) is 24.5 Å². The van der Waals surface area contributed by atoms with Gasteiger partial charge >= 0.3 is 12.4 Å². The first-order valence-electron chi connectivity index (χ1n) is 8.00. The fourth-order valence-corrected chi connectivity index (χ4v) is 2.79. The van der Waals surface area contributed by atoms with Crippen molar-refractivity contribution < 1.29 is 35.9 Å². The number of likely N-dealkylation sites (N-methyl/N-ethyl adjacent to an activating group) is 1. The number of carbonyl (C=O) groups excluding carboxylic acids is 2. The van der Waals surface area contributed by atoms with E-state index in [2.05, 4.69) is 0 Å². The molecule has 0 radical (unpaired) electrons. The lowest BCUT2D eigenvalue weighted by Gasteiger charge is -2.24. The molecule has 0 heterocycles. The molecular formula is C19H15F6NO2. The average Bonchev–Trinajstić information content (AvgIpc) is 2.61. The van der Waals surface area contributed by atoms with Crippen LogP contribution < -0.4 is 4.90 Å². The van der Waals surface area contributed by atoms with Gasteiger partial charge in [-0.2, -0.15) is 26.3 Å². The molecule has 3 nitrogen and oxygen atoms in total. The van der Waals surface area contributed by atoms with Crippen molar-refractivity contribution >= 4 is 28.0 Å². The number of Topliss-reactive ketones (excluding diaryl/α,β-unsaturated/α-hetero) is 2. The highest BCUT2D eigenvalue weighted by atomic mass is 19.4. The molecule has 0 N–H and O–H groups in total. The molecule has 0 saturated carbocycles. The summed E-state index contributed by atoms with van der Waals surface area (Å²) >= 11 is 0. The molecule has 0 aromatic heterocycles. The number of benzene rings is 2. The Hall–Kier alpha value is -2.84. The summed E-state index contributed by atoms with van der Waals surface area (Å²) in [5.41, 5.74) is -2.21. The number of anilines is 1. The SMILES string of the molecule is C/C=C/CN(C)c1c(C(=O)C(F)(F)F)cc(C(=O)C(F)(F)F)c2ccccc12. The van der Waals surface area contributed by atoms with Gasteiger partial charge in [-0.05, 0) is 18.4 Å². The van der Waals surface area contributed by atoms with Crippen molar-refractivity contribution in [3.63, 3.8) is 0 Å². The number of halogens is 6. The molecule has 28 heavy (non-hydrogen) atoms. The number of rotatable bonds is 5. The molecule has 2 aromatic rings. The zero-order chi connectivity index (χ0) is 21.3. The van der Waals surface area contributed by atoms with Gasteiger partial charge in [-0.25, -0.2) is 0 Å². The monoisotopic (exact) mass is 403 g/mol. The molecule has 0 atom stereocenters. The minimum Gasteiger partial charge on any atom is -0.370 e. The normalized spacial score (nSPS) is 12.6. The summed E-state index contributed by atoms with van der Waals surface area (Å²) in [6, 6.07) is 5.62. The quantitative estimate of drug-likeness (QED) is 0.384. The van der Waals surface area contributed by atoms with Gasteiger partial charge in [-0.3, -0.25) is 9.59 Å². The Morgan fingerprint density at radius 2 is 1.43 bits per heavy atom. The molecule has 0 bridgehead atoms. The van der Waals surface area contributed by atoms with Crippen LogP contribution in [-0.4, -0.2) is 37.5 Å². The Balaban J connectivity index is 2.93. The maximum Gasteiger partial charge on any atom is 0.454 e. The second kappa shape index (κ2) is 7.65. The van der Waals surface area contributed by atoms with Crippen LogP contribution in [0.2, 0.25) is 0 Å². The van der Waals surface area contributed by atoms with E-state index in [1.807, 2.05) is 0 Å². The summed E-state index contributed by atoms with van der Waals surface area (Å²) in [6.45, 7) is 1.78. The number of alkyl halides is 6. The number of allylic oxidation sites excluding steroid dienone is 1. The molecule has 9 heteroatoms. The lowest BCUT2D eigenvalue weighted by Crippen LogP contribution is -2.29. The molecule has 0 aliphatic rings. The highest BCUT2D eigenvalue weighted by Gasteiger charge is 2.44. The highest BCUT2D eigenvalue weighted by molar-refractivity contribution is 6.19. The molecule has 0 unspecified atom stereocenters. The molecule has 0 fully saturated rings. The van der Waals surface area contributed by atoms with Gasteiger partial charge in [0.2, 0.25) is 0 Å². The summed E-state index contributed by atoms with van der Waals surface area (Å²) in [4.78, 5) is 25.1. The van der Waals surface area contributed by atoms with Crippen molar-refractivity contribution in [2.24, 2.45) is 0 Å². The van der Waals surface area contributed by atoms with E-state index in [4.69, 9.17) is 0 Å². The lowest BCUT2D eigenvalue weighted by atomic mass is 9.93. The maximum absolute atomic E-state index is 13.1. The Labute approximate surface area is 156 Å². The number of hydrogen-bond donors (Lipinski definition) is 0. The van der Waals surface area contributed by atoms with E-state index in [-0.39, 0.29) is 23.0 Å². The van der Waals surface area contributed by atoms with Crippen molar-refractivity contribution in [3.8, 4) is 0 Å².